The third-order valence-electron chi connectivity index (χ3n) is 5.87. The molecule has 1 aromatic heterocycles. The lowest BCUT2D eigenvalue weighted by atomic mass is 9.90. The molecule has 0 radical (unpaired) electrons. The molecule has 0 saturated heterocycles. The summed E-state index contributed by atoms with van der Waals surface area (Å²) in [7, 11) is 0. The number of carbonyl (C=O) groups is 1. The molecule has 0 aliphatic heterocycles. The number of carbonyl (C=O) groups excluding carboxylic acids is 1. The summed E-state index contributed by atoms with van der Waals surface area (Å²) in [6.45, 7) is 5.84. The van der Waals surface area contributed by atoms with Crippen molar-refractivity contribution in [2.45, 2.75) is 20.8 Å². The summed E-state index contributed by atoms with van der Waals surface area (Å²) in [5.74, 6) is 0.0772. The molecular formula is C27H21NO. The monoisotopic (exact) mass is 375 g/mol. The Kier molecular flexibility index (Phi) is 3.95. The number of rotatable bonds is 2. The lowest BCUT2D eigenvalue weighted by Crippen LogP contribution is -1.97. The normalized spacial score (nSPS) is 11.4. The van der Waals surface area contributed by atoms with Crippen molar-refractivity contribution in [1.29, 1.82) is 0 Å². The molecule has 2 heteroatoms. The highest BCUT2D eigenvalue weighted by Gasteiger charge is 2.16. The van der Waals surface area contributed by atoms with Gasteiger partial charge >= 0.3 is 0 Å². The Balaban J connectivity index is 1.93. The van der Waals surface area contributed by atoms with E-state index in [1.807, 2.05) is 24.3 Å². The van der Waals surface area contributed by atoms with Crippen molar-refractivity contribution in [2.75, 3.05) is 0 Å². The number of aryl methyl sites for hydroxylation is 2. The zero-order valence-corrected chi connectivity index (χ0v) is 16.8. The molecule has 29 heavy (non-hydrogen) atoms. The van der Waals surface area contributed by atoms with Gasteiger partial charge in [-0.05, 0) is 53.3 Å². The lowest BCUT2D eigenvalue weighted by Gasteiger charge is -2.17. The maximum atomic E-state index is 11.6. The van der Waals surface area contributed by atoms with E-state index in [-0.39, 0.29) is 5.78 Å². The van der Waals surface area contributed by atoms with E-state index in [2.05, 4.69) is 62.4 Å². The van der Waals surface area contributed by atoms with Gasteiger partial charge in [-0.2, -0.15) is 0 Å². The Labute approximate surface area is 169 Å². The Morgan fingerprint density at radius 2 is 1.21 bits per heavy atom. The van der Waals surface area contributed by atoms with Gasteiger partial charge in [-0.25, -0.2) is 0 Å². The van der Waals surface area contributed by atoms with Crippen molar-refractivity contribution in [2.24, 2.45) is 0 Å². The van der Waals surface area contributed by atoms with Crippen LogP contribution in [-0.2, 0) is 0 Å². The van der Waals surface area contributed by atoms with E-state index >= 15 is 0 Å². The predicted octanol–water partition coefficient (Wildman–Crippen LogP) is 7.03. The van der Waals surface area contributed by atoms with Gasteiger partial charge in [-0.15, -0.1) is 0 Å². The Morgan fingerprint density at radius 3 is 1.76 bits per heavy atom. The fourth-order valence-electron chi connectivity index (χ4n) is 4.48. The van der Waals surface area contributed by atoms with Gasteiger partial charge < -0.3 is 0 Å². The minimum Gasteiger partial charge on any atom is -0.295 e. The largest absolute Gasteiger partial charge is 0.295 e. The summed E-state index contributed by atoms with van der Waals surface area (Å²) in [5.41, 5.74) is 4.93. The van der Waals surface area contributed by atoms with Crippen molar-refractivity contribution in [1.82, 2.24) is 4.98 Å². The number of hydrogen-bond acceptors (Lipinski definition) is 2. The van der Waals surface area contributed by atoms with E-state index in [0.29, 0.717) is 0 Å². The van der Waals surface area contributed by atoms with E-state index in [9.17, 15) is 4.79 Å². The molecule has 0 unspecified atom stereocenters. The first-order valence-electron chi connectivity index (χ1n) is 9.88. The highest BCUT2D eigenvalue weighted by Crippen LogP contribution is 2.40. The fraction of sp³-hybridized carbons (Fsp3) is 0.111. The van der Waals surface area contributed by atoms with Gasteiger partial charge in [0.05, 0.1) is 5.69 Å². The summed E-state index contributed by atoms with van der Waals surface area (Å²) in [4.78, 5) is 16.7. The zero-order chi connectivity index (χ0) is 20.1. The van der Waals surface area contributed by atoms with E-state index in [0.717, 1.165) is 22.5 Å². The summed E-state index contributed by atoms with van der Waals surface area (Å²) >= 11 is 0. The highest BCUT2D eigenvalue weighted by molar-refractivity contribution is 6.27. The van der Waals surface area contributed by atoms with Crippen LogP contribution in [0, 0.1) is 13.8 Å². The van der Waals surface area contributed by atoms with Crippen LogP contribution in [0.3, 0.4) is 0 Å². The summed E-state index contributed by atoms with van der Waals surface area (Å²) in [6.07, 6.45) is 0. The van der Waals surface area contributed by atoms with Crippen LogP contribution in [0.15, 0.2) is 72.8 Å². The molecule has 0 fully saturated rings. The van der Waals surface area contributed by atoms with Gasteiger partial charge in [-0.3, -0.25) is 9.78 Å². The molecule has 0 atom stereocenters. The molecule has 0 aliphatic carbocycles. The number of nitrogens with zero attached hydrogens (tertiary/aromatic N) is 1. The van der Waals surface area contributed by atoms with Crippen molar-refractivity contribution in [3.8, 4) is 11.3 Å². The predicted molar refractivity (Wildman–Crippen MR) is 122 cm³/mol. The molecule has 0 N–H and O–H groups in total. The number of Topliss-reactive ketones (excluding diaryl/α,β-unsaturated/α-hetero) is 1. The third kappa shape index (κ3) is 2.64. The molecule has 140 valence electrons. The van der Waals surface area contributed by atoms with Gasteiger partial charge in [0.15, 0.2) is 5.78 Å². The second-order valence-electron chi connectivity index (χ2n) is 7.65. The molecule has 0 spiro atoms. The maximum Gasteiger partial charge on any atom is 0.159 e. The first-order chi connectivity index (χ1) is 14.1. The number of ketones is 1. The van der Waals surface area contributed by atoms with E-state index in [1.54, 1.807) is 6.92 Å². The number of aromatic nitrogens is 1. The second kappa shape index (κ2) is 6.52. The fourth-order valence-corrected chi connectivity index (χ4v) is 4.48. The van der Waals surface area contributed by atoms with Crippen LogP contribution in [0.2, 0.25) is 0 Å². The van der Waals surface area contributed by atoms with Crippen LogP contribution < -0.4 is 0 Å². The quantitative estimate of drug-likeness (QED) is 0.245. The van der Waals surface area contributed by atoms with Crippen LogP contribution in [0.5, 0.6) is 0 Å². The number of benzene rings is 4. The first kappa shape index (κ1) is 17.6. The van der Waals surface area contributed by atoms with E-state index in [1.165, 1.54) is 37.9 Å². The Hall–Kier alpha value is -3.52. The van der Waals surface area contributed by atoms with Crippen molar-refractivity contribution in [3.05, 3.63) is 89.6 Å². The van der Waals surface area contributed by atoms with E-state index in [4.69, 9.17) is 4.98 Å². The molecule has 5 aromatic rings. The maximum absolute atomic E-state index is 11.6. The van der Waals surface area contributed by atoms with E-state index < -0.39 is 0 Å². The molecular weight excluding hydrogens is 354 g/mol. The Morgan fingerprint density at radius 1 is 0.690 bits per heavy atom. The smallest absolute Gasteiger partial charge is 0.159 e. The number of hydrogen-bond donors (Lipinski definition) is 0. The summed E-state index contributed by atoms with van der Waals surface area (Å²) in [5, 5.41) is 7.51. The van der Waals surface area contributed by atoms with Crippen molar-refractivity contribution >= 4 is 38.1 Å². The third-order valence-corrected chi connectivity index (χ3v) is 5.87. The van der Waals surface area contributed by atoms with Crippen LogP contribution in [-0.4, -0.2) is 10.8 Å². The van der Waals surface area contributed by atoms with Gasteiger partial charge in [0.25, 0.3) is 0 Å². The molecule has 0 bridgehead atoms. The van der Waals surface area contributed by atoms with Crippen LogP contribution in [0.4, 0.5) is 0 Å². The van der Waals surface area contributed by atoms with Gasteiger partial charge in [0.1, 0.15) is 0 Å². The van der Waals surface area contributed by atoms with Crippen molar-refractivity contribution in [3.63, 3.8) is 0 Å². The average molecular weight is 375 g/mol. The van der Waals surface area contributed by atoms with Crippen molar-refractivity contribution < 1.29 is 4.79 Å². The lowest BCUT2D eigenvalue weighted by molar-refractivity contribution is 0.101. The van der Waals surface area contributed by atoms with Gasteiger partial charge in [0.2, 0.25) is 0 Å². The number of pyridine rings is 1. The molecule has 0 amide bonds. The minimum atomic E-state index is 0.0772. The second-order valence-corrected chi connectivity index (χ2v) is 7.65. The zero-order valence-electron chi connectivity index (χ0n) is 16.8. The molecule has 5 rings (SSSR count). The minimum absolute atomic E-state index is 0.0772. The first-order valence-corrected chi connectivity index (χ1v) is 9.88. The summed E-state index contributed by atoms with van der Waals surface area (Å²) in [6, 6.07) is 25.0. The topological polar surface area (TPSA) is 30.0 Å². The van der Waals surface area contributed by atoms with Crippen LogP contribution in [0.25, 0.3) is 43.6 Å². The molecule has 0 aliphatic rings. The van der Waals surface area contributed by atoms with Crippen LogP contribution in [0.1, 0.15) is 28.5 Å². The SMILES string of the molecule is CC(=O)c1ccc(-c2nc(C)c3c4ccccc4c4ccccc4c3c2C)cc1. The van der Waals surface area contributed by atoms with Gasteiger partial charge in [-0.1, -0.05) is 72.8 Å². The molecule has 2 nitrogen and oxygen atoms in total. The Bertz CT molecular complexity index is 1430. The standard InChI is InChI=1S/C27H21NO/c1-16-25-23-10-6-4-8-21(23)22-9-5-7-11-24(22)26(25)17(2)28-27(16)20-14-12-19(13-15-20)18(3)29/h4-15H,1-3H3. The molecule has 0 saturated carbocycles. The molecule has 1 heterocycles. The molecule has 4 aromatic carbocycles. The average Bonchev–Trinajstić information content (AvgIpc) is 2.75. The summed E-state index contributed by atoms with van der Waals surface area (Å²) < 4.78 is 0. The highest BCUT2D eigenvalue weighted by atomic mass is 16.1. The van der Waals surface area contributed by atoms with Gasteiger partial charge in [0, 0.05) is 22.2 Å². The van der Waals surface area contributed by atoms with Crippen LogP contribution >= 0.6 is 0 Å². The number of fused-ring (bicyclic) bond motifs is 6.